The Morgan fingerprint density at radius 2 is 1.20 bits per heavy atom. The van der Waals surface area contributed by atoms with Crippen molar-refractivity contribution in [3.8, 4) is 0 Å². The number of aromatic nitrogens is 4. The molecule has 0 aliphatic heterocycles. The zero-order chi connectivity index (χ0) is 28.1. The number of halogens is 1. The maximum Gasteiger partial charge on any atom is 0.277 e. The van der Waals surface area contributed by atoms with Crippen molar-refractivity contribution in [1.82, 2.24) is 19.9 Å². The fourth-order valence-corrected chi connectivity index (χ4v) is 3.96. The van der Waals surface area contributed by atoms with E-state index in [0.717, 1.165) is 32.9 Å². The number of nitrogens with one attached hydrogen (secondary N) is 2. The minimum absolute atomic E-state index is 0.0532. The fraction of sp³-hybridized carbons (Fsp3) is 0.0667. The van der Waals surface area contributed by atoms with E-state index in [-0.39, 0.29) is 11.5 Å². The van der Waals surface area contributed by atoms with Crippen molar-refractivity contribution < 1.29 is 9.31 Å². The molecule has 2 N–H and O–H groups in total. The number of nitro groups is 1. The number of pyridine rings is 4. The summed E-state index contributed by atoms with van der Waals surface area (Å²) in [6.07, 6.45) is 10.1. The van der Waals surface area contributed by atoms with Gasteiger partial charge in [0.15, 0.2) is 0 Å². The summed E-state index contributed by atoms with van der Waals surface area (Å²) in [5.74, 6) is 0.680. The third-order valence-corrected chi connectivity index (χ3v) is 6.13. The standard InChI is InChI=1S/C15H12FN3.C15H12N4O2/c1-10-8-18-15(7-14(10)16)19-13-3-2-12-9-17-5-4-11(12)6-13;1-10-8-17-15(7-14(10)19(20)21)18-13-3-2-12-9-16-5-4-11(12)6-13/h2-9H,1H3,(H,18,19);2-9H,1H3,(H,17,18)/i16-1;. The Morgan fingerprint density at radius 3 is 1.73 bits per heavy atom. The van der Waals surface area contributed by atoms with Crippen molar-refractivity contribution in [3.63, 3.8) is 0 Å². The summed E-state index contributed by atoms with van der Waals surface area (Å²) in [6, 6.07) is 18.3. The van der Waals surface area contributed by atoms with Crippen LogP contribution < -0.4 is 10.6 Å². The van der Waals surface area contributed by atoms with Gasteiger partial charge in [-0.2, -0.15) is 0 Å². The summed E-state index contributed by atoms with van der Waals surface area (Å²) in [5.41, 5.74) is 2.82. The molecule has 0 atom stereocenters. The first-order chi connectivity index (χ1) is 19.4. The summed E-state index contributed by atoms with van der Waals surface area (Å²) in [6.45, 7) is 3.35. The number of hydrogen-bond acceptors (Lipinski definition) is 8. The Labute approximate surface area is 228 Å². The van der Waals surface area contributed by atoms with Crippen LogP contribution in [0.3, 0.4) is 0 Å². The average Bonchev–Trinajstić information content (AvgIpc) is 2.96. The van der Waals surface area contributed by atoms with Crippen molar-refractivity contribution in [3.05, 3.63) is 125 Å². The predicted octanol–water partition coefficient (Wildman–Crippen LogP) is 7.41. The van der Waals surface area contributed by atoms with Gasteiger partial charge >= 0.3 is 0 Å². The number of aryl methyl sites for hydroxylation is 2. The molecule has 40 heavy (non-hydrogen) atoms. The Balaban J connectivity index is 0.000000162. The van der Waals surface area contributed by atoms with Crippen molar-refractivity contribution in [1.29, 1.82) is 0 Å². The van der Waals surface area contributed by atoms with Crippen LogP contribution in [0.2, 0.25) is 0 Å². The first-order valence-corrected chi connectivity index (χ1v) is 12.3. The van der Waals surface area contributed by atoms with Gasteiger partial charge in [-0.3, -0.25) is 20.1 Å². The van der Waals surface area contributed by atoms with E-state index in [2.05, 4.69) is 30.6 Å². The summed E-state index contributed by atoms with van der Waals surface area (Å²) < 4.78 is 13.4. The minimum Gasteiger partial charge on any atom is -0.340 e. The van der Waals surface area contributed by atoms with Crippen LogP contribution in [0.4, 0.5) is 33.1 Å². The molecule has 6 aromatic rings. The van der Waals surface area contributed by atoms with Crippen molar-refractivity contribution in [2.24, 2.45) is 0 Å². The third kappa shape index (κ3) is 6.13. The maximum atomic E-state index is 13.4. The van der Waals surface area contributed by atoms with Crippen LogP contribution in [0, 0.1) is 29.8 Å². The lowest BCUT2D eigenvalue weighted by atomic mass is 10.1. The molecular formula is C30H24FN7O2. The molecule has 2 aromatic carbocycles. The predicted molar refractivity (Wildman–Crippen MR) is 155 cm³/mol. The van der Waals surface area contributed by atoms with Crippen LogP contribution in [0.15, 0.2) is 97.8 Å². The highest BCUT2D eigenvalue weighted by molar-refractivity contribution is 5.86. The van der Waals surface area contributed by atoms with Crippen molar-refractivity contribution in [2.75, 3.05) is 10.6 Å². The second-order valence-corrected chi connectivity index (χ2v) is 9.06. The molecule has 0 radical (unpaired) electrons. The van der Waals surface area contributed by atoms with E-state index in [1.807, 2.05) is 54.7 Å². The number of nitrogens with zero attached hydrogens (tertiary/aromatic N) is 5. The van der Waals surface area contributed by atoms with Gasteiger partial charge in [-0.1, -0.05) is 12.1 Å². The SMILES string of the molecule is Cc1cnc(Nc2ccc3cnccc3c2)cc1[18F].Cc1cnc(Nc2ccc3cnccc3c2)cc1[N+](=O)[O-]. The average molecular weight is 533 g/mol. The topological polar surface area (TPSA) is 119 Å². The molecule has 4 aromatic heterocycles. The zero-order valence-electron chi connectivity index (χ0n) is 21.7. The summed E-state index contributed by atoms with van der Waals surface area (Å²) >= 11 is 0. The normalized spacial score (nSPS) is 10.6. The maximum absolute atomic E-state index is 13.4. The molecule has 0 aliphatic carbocycles. The lowest BCUT2D eigenvalue weighted by Crippen LogP contribution is -1.98. The molecule has 0 saturated heterocycles. The second-order valence-electron chi connectivity index (χ2n) is 9.06. The molecule has 4 heterocycles. The van der Waals surface area contributed by atoms with Gasteiger partial charge in [-0.05, 0) is 61.0 Å². The fourth-order valence-electron chi connectivity index (χ4n) is 3.96. The van der Waals surface area contributed by atoms with Crippen LogP contribution in [0.5, 0.6) is 0 Å². The largest absolute Gasteiger partial charge is 0.340 e. The van der Waals surface area contributed by atoms with E-state index < -0.39 is 4.92 Å². The Bertz CT molecular complexity index is 1850. The smallest absolute Gasteiger partial charge is 0.277 e. The van der Waals surface area contributed by atoms with Gasteiger partial charge < -0.3 is 10.6 Å². The van der Waals surface area contributed by atoms with E-state index in [9.17, 15) is 14.5 Å². The van der Waals surface area contributed by atoms with Gasteiger partial charge in [-0.15, -0.1) is 0 Å². The quantitative estimate of drug-likeness (QED) is 0.174. The van der Waals surface area contributed by atoms with Crippen molar-refractivity contribution in [2.45, 2.75) is 13.8 Å². The molecule has 9 nitrogen and oxygen atoms in total. The lowest BCUT2D eigenvalue weighted by Gasteiger charge is -2.07. The minimum atomic E-state index is -0.408. The molecule has 0 unspecified atom stereocenters. The van der Waals surface area contributed by atoms with Crippen LogP contribution in [-0.4, -0.2) is 24.9 Å². The summed E-state index contributed by atoms with van der Waals surface area (Å²) in [5, 5.41) is 21.3. The number of anilines is 4. The van der Waals surface area contributed by atoms with E-state index in [1.54, 1.807) is 32.4 Å². The Hall–Kier alpha value is -5.51. The van der Waals surface area contributed by atoms with Gasteiger partial charge in [0.2, 0.25) is 0 Å². The number of benzene rings is 2. The summed E-state index contributed by atoms with van der Waals surface area (Å²) in [4.78, 5) is 27.0. The third-order valence-electron chi connectivity index (χ3n) is 6.13. The lowest BCUT2D eigenvalue weighted by molar-refractivity contribution is -0.385. The first kappa shape index (κ1) is 26.1. The Kier molecular flexibility index (Phi) is 7.49. The van der Waals surface area contributed by atoms with Gasteiger partial charge in [0.05, 0.1) is 11.0 Å². The monoisotopic (exact) mass is 532 g/mol. The van der Waals surface area contributed by atoms with Crippen LogP contribution in [0.1, 0.15) is 11.1 Å². The highest BCUT2D eigenvalue weighted by Gasteiger charge is 2.12. The molecular weight excluding hydrogens is 508 g/mol. The highest BCUT2D eigenvalue weighted by Crippen LogP contribution is 2.25. The summed E-state index contributed by atoms with van der Waals surface area (Å²) in [7, 11) is 0. The van der Waals surface area contributed by atoms with Crippen molar-refractivity contribution >= 4 is 50.2 Å². The number of hydrogen-bond donors (Lipinski definition) is 2. The molecule has 0 bridgehead atoms. The number of rotatable bonds is 5. The first-order valence-electron chi connectivity index (χ1n) is 12.3. The highest BCUT2D eigenvalue weighted by atomic mass is 18.2. The molecule has 10 heteroatoms. The van der Waals surface area contributed by atoms with Crippen LogP contribution in [-0.2, 0) is 0 Å². The van der Waals surface area contributed by atoms with Crippen LogP contribution >= 0.6 is 0 Å². The molecule has 0 fully saturated rings. The zero-order valence-corrected chi connectivity index (χ0v) is 21.7. The van der Waals surface area contributed by atoms with Gasteiger partial charge in [0.25, 0.3) is 5.69 Å². The second kappa shape index (κ2) is 11.5. The number of fused-ring (bicyclic) bond motifs is 2. The van der Waals surface area contributed by atoms with Gasteiger partial charge in [0.1, 0.15) is 17.5 Å². The molecule has 0 amide bonds. The Morgan fingerprint density at radius 1 is 0.675 bits per heavy atom. The van der Waals surface area contributed by atoms with Crippen LogP contribution in [0.25, 0.3) is 21.5 Å². The molecule has 198 valence electrons. The van der Waals surface area contributed by atoms with E-state index >= 15 is 0 Å². The van der Waals surface area contributed by atoms with E-state index in [0.29, 0.717) is 22.8 Å². The van der Waals surface area contributed by atoms with Gasteiger partial charge in [-0.25, -0.2) is 14.4 Å². The van der Waals surface area contributed by atoms with E-state index in [4.69, 9.17) is 0 Å². The molecule has 0 spiro atoms. The molecule has 0 aliphatic rings. The molecule has 0 saturated carbocycles. The van der Waals surface area contributed by atoms with Gasteiger partial charge in [0, 0.05) is 76.5 Å². The molecule has 6 rings (SSSR count). The van der Waals surface area contributed by atoms with E-state index in [1.165, 1.54) is 24.5 Å².